The molecule has 3 aromatic rings. The number of nitrogens with zero attached hydrogens (tertiary/aromatic N) is 4. The number of aromatic nitrogens is 2. The molecule has 1 fully saturated rings. The van der Waals surface area contributed by atoms with Gasteiger partial charge in [-0.05, 0) is 54.7 Å². The van der Waals surface area contributed by atoms with E-state index < -0.39 is 0 Å². The number of rotatable bonds is 10. The molecule has 9 heteroatoms. The highest BCUT2D eigenvalue weighted by Gasteiger charge is 2.19. The molecule has 1 amide bonds. The molecule has 1 aromatic heterocycles. The third-order valence-electron chi connectivity index (χ3n) is 6.17. The summed E-state index contributed by atoms with van der Waals surface area (Å²) in [6, 6.07) is 15.5. The van der Waals surface area contributed by atoms with Crippen molar-refractivity contribution in [2.24, 2.45) is 0 Å². The van der Waals surface area contributed by atoms with Gasteiger partial charge in [0.15, 0.2) is 16.7 Å². The molecule has 190 valence electrons. The molecular weight excluding hydrogens is 496 g/mol. The number of thioether (sulfide) groups is 1. The molecule has 1 saturated heterocycles. The van der Waals surface area contributed by atoms with Crippen LogP contribution in [0.5, 0.6) is 11.5 Å². The van der Waals surface area contributed by atoms with Gasteiger partial charge >= 0.3 is 0 Å². The van der Waals surface area contributed by atoms with Gasteiger partial charge in [-0.25, -0.2) is 9.97 Å². The summed E-state index contributed by atoms with van der Waals surface area (Å²) in [5.41, 5.74) is 2.92. The minimum absolute atomic E-state index is 0.108. The van der Waals surface area contributed by atoms with Gasteiger partial charge in [0.25, 0.3) is 5.91 Å². The summed E-state index contributed by atoms with van der Waals surface area (Å²) >= 11 is 7.84. The van der Waals surface area contributed by atoms with E-state index in [0.717, 1.165) is 61.4 Å². The summed E-state index contributed by atoms with van der Waals surface area (Å²) < 4.78 is 10.7. The molecule has 7 nitrogen and oxygen atoms in total. The number of halogens is 1. The molecule has 0 spiro atoms. The van der Waals surface area contributed by atoms with E-state index in [1.165, 1.54) is 11.8 Å². The Morgan fingerprint density at radius 2 is 1.81 bits per heavy atom. The predicted octanol–water partition coefficient (Wildman–Crippen LogP) is 5.35. The summed E-state index contributed by atoms with van der Waals surface area (Å²) in [4.78, 5) is 25.8. The van der Waals surface area contributed by atoms with E-state index in [1.807, 2.05) is 54.4 Å². The van der Waals surface area contributed by atoms with Crippen LogP contribution in [-0.4, -0.2) is 61.7 Å². The third-order valence-corrected chi connectivity index (χ3v) is 7.28. The SMILES string of the molecule is COc1ccc(CCN(C)c2cc(Cl)nc(SCc3cccc(C(=O)N4CCCC4)c3)n2)cc1OC. The van der Waals surface area contributed by atoms with Crippen LogP contribution in [0.3, 0.4) is 0 Å². The molecule has 36 heavy (non-hydrogen) atoms. The van der Waals surface area contributed by atoms with E-state index in [-0.39, 0.29) is 5.91 Å². The molecule has 0 saturated carbocycles. The Kier molecular flexibility index (Phi) is 8.93. The quantitative estimate of drug-likeness (QED) is 0.200. The van der Waals surface area contributed by atoms with Crippen LogP contribution < -0.4 is 14.4 Å². The number of likely N-dealkylation sites (N-methyl/N-ethyl adjacent to an activating group) is 1. The molecule has 0 aliphatic carbocycles. The first kappa shape index (κ1) is 26.1. The fraction of sp³-hybridized carbons (Fsp3) is 0.370. The second-order valence-corrected chi connectivity index (χ2v) is 10.0. The molecule has 1 aliphatic rings. The van der Waals surface area contributed by atoms with Crippen LogP contribution in [-0.2, 0) is 12.2 Å². The molecule has 0 radical (unpaired) electrons. The topological polar surface area (TPSA) is 67.8 Å². The second kappa shape index (κ2) is 12.3. The van der Waals surface area contributed by atoms with Crippen molar-refractivity contribution in [2.75, 3.05) is 45.8 Å². The maximum absolute atomic E-state index is 12.7. The van der Waals surface area contributed by atoms with E-state index in [1.54, 1.807) is 20.3 Å². The van der Waals surface area contributed by atoms with Crippen LogP contribution in [0.4, 0.5) is 5.82 Å². The van der Waals surface area contributed by atoms with E-state index in [9.17, 15) is 4.79 Å². The predicted molar refractivity (Wildman–Crippen MR) is 145 cm³/mol. The Labute approximate surface area is 221 Å². The zero-order chi connectivity index (χ0) is 25.5. The number of amides is 1. The normalized spacial score (nSPS) is 13.1. The van der Waals surface area contributed by atoms with Crippen LogP contribution >= 0.6 is 23.4 Å². The number of benzene rings is 2. The van der Waals surface area contributed by atoms with Gasteiger partial charge in [-0.2, -0.15) is 0 Å². The maximum Gasteiger partial charge on any atom is 0.253 e. The first-order valence-electron chi connectivity index (χ1n) is 11.9. The summed E-state index contributed by atoms with van der Waals surface area (Å²) in [5, 5.41) is 1.00. The van der Waals surface area contributed by atoms with Gasteiger partial charge in [0.05, 0.1) is 14.2 Å². The highest BCUT2D eigenvalue weighted by molar-refractivity contribution is 7.98. The van der Waals surface area contributed by atoms with E-state index in [2.05, 4.69) is 9.88 Å². The Hall–Kier alpha value is -2.97. The fourth-order valence-electron chi connectivity index (χ4n) is 4.14. The number of hydrogen-bond acceptors (Lipinski definition) is 7. The number of methoxy groups -OCH3 is 2. The Balaban J connectivity index is 1.38. The number of hydrogen-bond donors (Lipinski definition) is 0. The Morgan fingerprint density at radius 3 is 2.56 bits per heavy atom. The van der Waals surface area contributed by atoms with Crippen LogP contribution in [0.2, 0.25) is 5.15 Å². The molecule has 0 atom stereocenters. The van der Waals surface area contributed by atoms with Gasteiger partial charge in [0.2, 0.25) is 0 Å². The van der Waals surface area contributed by atoms with Crippen LogP contribution in [0.15, 0.2) is 53.7 Å². The monoisotopic (exact) mass is 526 g/mol. The lowest BCUT2D eigenvalue weighted by molar-refractivity contribution is 0.0792. The summed E-state index contributed by atoms with van der Waals surface area (Å²) in [5.74, 6) is 2.95. The van der Waals surface area contributed by atoms with Crippen molar-refractivity contribution in [3.05, 3.63) is 70.4 Å². The van der Waals surface area contributed by atoms with Gasteiger partial charge < -0.3 is 19.3 Å². The van der Waals surface area contributed by atoms with Crippen molar-refractivity contribution < 1.29 is 14.3 Å². The number of ether oxygens (including phenoxy) is 2. The highest BCUT2D eigenvalue weighted by atomic mass is 35.5. The molecule has 1 aliphatic heterocycles. The number of carbonyl (C=O) groups excluding carboxylic acids is 1. The van der Waals surface area contributed by atoms with Crippen molar-refractivity contribution in [2.45, 2.75) is 30.2 Å². The molecule has 4 rings (SSSR count). The lowest BCUT2D eigenvalue weighted by Crippen LogP contribution is -2.27. The van der Waals surface area contributed by atoms with Gasteiger partial charge in [-0.1, -0.05) is 41.6 Å². The van der Waals surface area contributed by atoms with Gasteiger partial charge in [0, 0.05) is 44.1 Å². The summed E-state index contributed by atoms with van der Waals surface area (Å²) in [7, 11) is 5.25. The average Bonchev–Trinajstić information content (AvgIpc) is 3.45. The average molecular weight is 527 g/mol. The molecule has 2 aromatic carbocycles. The largest absolute Gasteiger partial charge is 0.493 e. The standard InChI is InChI=1S/C27H31ClN4O3S/c1-31(14-11-19-9-10-22(34-2)23(16-19)35-3)25-17-24(28)29-27(30-25)36-18-20-7-6-8-21(15-20)26(33)32-12-4-5-13-32/h6-10,15-17H,4-5,11-14,18H2,1-3H3. The van der Waals surface area contributed by atoms with Crippen molar-refractivity contribution in [1.29, 1.82) is 0 Å². The van der Waals surface area contributed by atoms with Gasteiger partial charge in [-0.15, -0.1) is 0 Å². The molecule has 2 heterocycles. The number of carbonyl (C=O) groups is 1. The zero-order valence-corrected chi connectivity index (χ0v) is 22.4. The fourth-order valence-corrected chi connectivity index (χ4v) is 5.16. The Bertz CT molecular complexity index is 1200. The van der Waals surface area contributed by atoms with Crippen molar-refractivity contribution in [3.63, 3.8) is 0 Å². The molecule has 0 unspecified atom stereocenters. The van der Waals surface area contributed by atoms with E-state index in [0.29, 0.717) is 27.6 Å². The molecular formula is C27H31ClN4O3S. The van der Waals surface area contributed by atoms with Crippen LogP contribution in [0, 0.1) is 0 Å². The second-order valence-electron chi connectivity index (χ2n) is 8.68. The van der Waals surface area contributed by atoms with Crippen LogP contribution in [0.1, 0.15) is 34.3 Å². The lowest BCUT2D eigenvalue weighted by atomic mass is 10.1. The lowest BCUT2D eigenvalue weighted by Gasteiger charge is -2.19. The Morgan fingerprint density at radius 1 is 1.03 bits per heavy atom. The smallest absolute Gasteiger partial charge is 0.253 e. The van der Waals surface area contributed by atoms with Crippen molar-refractivity contribution in [1.82, 2.24) is 14.9 Å². The van der Waals surface area contributed by atoms with Crippen molar-refractivity contribution >= 4 is 35.1 Å². The van der Waals surface area contributed by atoms with Gasteiger partial charge in [-0.3, -0.25) is 4.79 Å². The van der Waals surface area contributed by atoms with E-state index >= 15 is 0 Å². The first-order chi connectivity index (χ1) is 17.5. The summed E-state index contributed by atoms with van der Waals surface area (Å²) in [6.45, 7) is 2.43. The summed E-state index contributed by atoms with van der Waals surface area (Å²) in [6.07, 6.45) is 2.97. The first-order valence-corrected chi connectivity index (χ1v) is 13.3. The highest BCUT2D eigenvalue weighted by Crippen LogP contribution is 2.28. The van der Waals surface area contributed by atoms with Gasteiger partial charge in [0.1, 0.15) is 11.0 Å². The number of likely N-dealkylation sites (tertiary alicyclic amines) is 1. The maximum atomic E-state index is 12.7. The van der Waals surface area contributed by atoms with Crippen LogP contribution in [0.25, 0.3) is 0 Å². The molecule has 0 N–H and O–H groups in total. The number of anilines is 1. The minimum Gasteiger partial charge on any atom is -0.493 e. The molecule has 0 bridgehead atoms. The van der Waals surface area contributed by atoms with E-state index in [4.69, 9.17) is 26.1 Å². The minimum atomic E-state index is 0.108. The third kappa shape index (κ3) is 6.62. The van der Waals surface area contributed by atoms with Crippen molar-refractivity contribution in [3.8, 4) is 11.5 Å². The zero-order valence-electron chi connectivity index (χ0n) is 20.9.